The van der Waals surface area contributed by atoms with Gasteiger partial charge in [0.05, 0.1) is 5.52 Å². The summed E-state index contributed by atoms with van der Waals surface area (Å²) in [6.45, 7) is 3.15. The molecule has 14 heavy (non-hydrogen) atoms. The molecule has 3 nitrogen and oxygen atoms in total. The van der Waals surface area contributed by atoms with Gasteiger partial charge in [-0.05, 0) is 26.0 Å². The minimum atomic E-state index is -0.461. The molecular weight excluding hydrogens is 183 g/mol. The van der Waals surface area contributed by atoms with Crippen LogP contribution in [0.2, 0.25) is 0 Å². The largest absolute Gasteiger partial charge is 0.342 e. The van der Waals surface area contributed by atoms with Crippen molar-refractivity contribution in [3.8, 4) is 0 Å². The number of imidazole rings is 1. The second-order valence-electron chi connectivity index (χ2n) is 3.23. The molecule has 0 unspecified atom stereocenters. The molecule has 0 spiro atoms. The number of carbonyl (C=O) groups excluding carboxylic acids is 1. The van der Waals surface area contributed by atoms with E-state index in [-0.39, 0.29) is 12.7 Å². The summed E-state index contributed by atoms with van der Waals surface area (Å²) in [5, 5.41) is 0. The Hall–Kier alpha value is -1.71. The maximum Gasteiger partial charge on any atom is 0.159 e. The van der Waals surface area contributed by atoms with Crippen molar-refractivity contribution in [1.82, 2.24) is 9.97 Å². The number of aromatic nitrogens is 2. The molecule has 4 heteroatoms. The summed E-state index contributed by atoms with van der Waals surface area (Å²) in [5.74, 6) is 0.0229. The number of H-pyrrole nitrogens is 1. The summed E-state index contributed by atoms with van der Waals surface area (Å²) in [6.07, 6.45) is 0. The lowest BCUT2D eigenvalue weighted by atomic mass is 10.1. The van der Waals surface area contributed by atoms with Gasteiger partial charge in [0, 0.05) is 6.99 Å². The molecule has 0 saturated heterocycles. The second kappa shape index (κ2) is 2.90. The molecule has 0 saturated carbocycles. The third-order valence-corrected chi connectivity index (χ3v) is 2.07. The first-order valence-corrected chi connectivity index (χ1v) is 4.25. The number of benzene rings is 1. The van der Waals surface area contributed by atoms with E-state index in [1.165, 1.54) is 13.0 Å². The van der Waals surface area contributed by atoms with Crippen molar-refractivity contribution in [1.29, 1.82) is 0 Å². The van der Waals surface area contributed by atoms with Crippen LogP contribution in [0.1, 0.15) is 24.5 Å². The molecule has 1 heterocycles. The Morgan fingerprint density at radius 2 is 2.29 bits per heavy atom. The van der Waals surface area contributed by atoms with Gasteiger partial charge in [0.2, 0.25) is 0 Å². The van der Waals surface area contributed by atoms with Crippen LogP contribution in [0.15, 0.2) is 12.1 Å². The van der Waals surface area contributed by atoms with Crippen LogP contribution in [0.25, 0.3) is 11.0 Å². The number of nitrogens with zero attached hydrogens (tertiary/aromatic N) is 1. The highest BCUT2D eigenvalue weighted by Gasteiger charge is 2.09. The molecule has 0 aliphatic heterocycles. The van der Waals surface area contributed by atoms with E-state index in [2.05, 4.69) is 9.97 Å². The molecule has 0 aliphatic carbocycles. The van der Waals surface area contributed by atoms with Gasteiger partial charge in [-0.3, -0.25) is 4.79 Å². The van der Waals surface area contributed by atoms with Crippen molar-refractivity contribution in [2.75, 3.05) is 0 Å². The number of carbonyl (C=O) groups is 1. The van der Waals surface area contributed by atoms with Crippen LogP contribution in [0.3, 0.4) is 0 Å². The van der Waals surface area contributed by atoms with E-state index in [4.69, 9.17) is 0 Å². The van der Waals surface area contributed by atoms with E-state index >= 15 is 0 Å². The van der Waals surface area contributed by atoms with Gasteiger partial charge in [-0.25, -0.2) is 9.37 Å². The Balaban J connectivity index is 0.00000112. The Morgan fingerprint density at radius 3 is 2.93 bits per heavy atom. The minimum absolute atomic E-state index is 0. The topological polar surface area (TPSA) is 45.8 Å². The Morgan fingerprint density at radius 1 is 1.57 bits per heavy atom. The van der Waals surface area contributed by atoms with E-state index in [0.29, 0.717) is 16.9 Å². The lowest BCUT2D eigenvalue weighted by molar-refractivity contribution is 0.101. The summed E-state index contributed by atoms with van der Waals surface area (Å²) < 4.78 is 13.4. The number of hydrogen-bond donors (Lipinski definition) is 1. The molecular formula is C10H11FN2O. The number of ketones is 1. The van der Waals surface area contributed by atoms with Crippen molar-refractivity contribution in [3.05, 3.63) is 29.3 Å². The smallest absolute Gasteiger partial charge is 0.159 e. The van der Waals surface area contributed by atoms with Gasteiger partial charge in [-0.2, -0.15) is 0 Å². The van der Waals surface area contributed by atoms with Crippen LogP contribution in [-0.4, -0.2) is 15.8 Å². The standard InChI is InChI=1S/C10H9FN2O.H2/c1-5(14)7-3-8(11)10-9(4-7)12-6(2)13-10;/h3-4H,1-2H3,(H,12,13);1H. The normalized spacial score (nSPS) is 10.8. The number of fused-ring (bicyclic) bond motifs is 1. The van der Waals surface area contributed by atoms with Gasteiger partial charge in [0.25, 0.3) is 0 Å². The third-order valence-electron chi connectivity index (χ3n) is 2.07. The van der Waals surface area contributed by atoms with Gasteiger partial charge in [-0.15, -0.1) is 0 Å². The van der Waals surface area contributed by atoms with Crippen molar-refractivity contribution < 1.29 is 10.6 Å². The lowest BCUT2D eigenvalue weighted by Crippen LogP contribution is -1.93. The zero-order valence-electron chi connectivity index (χ0n) is 7.89. The lowest BCUT2D eigenvalue weighted by Gasteiger charge is -1.96. The number of rotatable bonds is 1. The Bertz CT molecular complexity index is 521. The number of nitrogens with one attached hydrogen (secondary N) is 1. The van der Waals surface area contributed by atoms with Gasteiger partial charge in [-0.1, -0.05) is 0 Å². The number of hydrogen-bond acceptors (Lipinski definition) is 2. The molecule has 74 valence electrons. The van der Waals surface area contributed by atoms with E-state index < -0.39 is 5.82 Å². The summed E-state index contributed by atoms with van der Waals surface area (Å²) >= 11 is 0. The molecule has 0 bridgehead atoms. The predicted octanol–water partition coefficient (Wildman–Crippen LogP) is 2.46. The average molecular weight is 194 g/mol. The SMILES string of the molecule is CC(=O)c1cc(F)c2nc(C)[nH]c2c1.[HH]. The van der Waals surface area contributed by atoms with Crippen LogP contribution in [0.5, 0.6) is 0 Å². The summed E-state index contributed by atoms with van der Waals surface area (Å²) in [5.41, 5.74) is 1.21. The van der Waals surface area contributed by atoms with Crippen LogP contribution in [-0.2, 0) is 0 Å². The summed E-state index contributed by atoms with van der Waals surface area (Å²) in [7, 11) is 0. The van der Waals surface area contributed by atoms with Gasteiger partial charge in [0.15, 0.2) is 11.6 Å². The summed E-state index contributed by atoms with van der Waals surface area (Å²) in [4.78, 5) is 17.9. The zero-order valence-corrected chi connectivity index (χ0v) is 7.89. The molecule has 0 aliphatic rings. The fourth-order valence-electron chi connectivity index (χ4n) is 1.40. The maximum atomic E-state index is 13.4. The Labute approximate surface area is 81.4 Å². The number of aryl methyl sites for hydroxylation is 1. The van der Waals surface area contributed by atoms with Crippen LogP contribution < -0.4 is 0 Å². The zero-order chi connectivity index (χ0) is 10.3. The molecule has 0 fully saturated rings. The van der Waals surface area contributed by atoms with Crippen molar-refractivity contribution in [3.63, 3.8) is 0 Å². The van der Waals surface area contributed by atoms with Gasteiger partial charge < -0.3 is 4.98 Å². The number of halogens is 1. The first-order chi connectivity index (χ1) is 6.58. The predicted molar refractivity (Wildman–Crippen MR) is 52.9 cm³/mol. The highest BCUT2D eigenvalue weighted by Crippen LogP contribution is 2.18. The van der Waals surface area contributed by atoms with E-state index in [9.17, 15) is 9.18 Å². The first-order valence-electron chi connectivity index (χ1n) is 4.25. The molecule has 2 aromatic rings. The van der Waals surface area contributed by atoms with Gasteiger partial charge >= 0.3 is 0 Å². The Kier molecular flexibility index (Phi) is 1.84. The third kappa shape index (κ3) is 1.28. The van der Waals surface area contributed by atoms with E-state index in [1.807, 2.05) is 0 Å². The van der Waals surface area contributed by atoms with Crippen molar-refractivity contribution in [2.24, 2.45) is 0 Å². The summed E-state index contributed by atoms with van der Waals surface area (Å²) in [6, 6.07) is 2.83. The maximum absolute atomic E-state index is 13.4. The van der Waals surface area contributed by atoms with E-state index in [1.54, 1.807) is 13.0 Å². The number of aromatic amines is 1. The molecule has 1 aromatic carbocycles. The van der Waals surface area contributed by atoms with Crippen LogP contribution in [0, 0.1) is 12.7 Å². The molecule has 0 atom stereocenters. The van der Waals surface area contributed by atoms with Crippen LogP contribution >= 0.6 is 0 Å². The second-order valence-corrected chi connectivity index (χ2v) is 3.23. The van der Waals surface area contributed by atoms with Crippen molar-refractivity contribution >= 4 is 16.8 Å². The fraction of sp³-hybridized carbons (Fsp3) is 0.200. The van der Waals surface area contributed by atoms with Crippen LogP contribution in [0.4, 0.5) is 4.39 Å². The monoisotopic (exact) mass is 194 g/mol. The molecule has 2 rings (SSSR count). The van der Waals surface area contributed by atoms with E-state index in [0.717, 1.165) is 0 Å². The fourth-order valence-corrected chi connectivity index (χ4v) is 1.40. The average Bonchev–Trinajstić information content (AvgIpc) is 2.45. The highest BCUT2D eigenvalue weighted by molar-refractivity contribution is 5.97. The number of Topliss-reactive ketones (excluding diaryl/α,β-unsaturated/α-hetero) is 1. The highest BCUT2D eigenvalue weighted by atomic mass is 19.1. The molecule has 0 amide bonds. The molecule has 1 N–H and O–H groups in total. The molecule has 1 aromatic heterocycles. The quantitative estimate of drug-likeness (QED) is 0.709. The van der Waals surface area contributed by atoms with Gasteiger partial charge in [0.1, 0.15) is 11.3 Å². The minimum Gasteiger partial charge on any atom is -0.342 e. The van der Waals surface area contributed by atoms with Crippen molar-refractivity contribution in [2.45, 2.75) is 13.8 Å². The first kappa shape index (κ1) is 8.87. The molecule has 0 radical (unpaired) electrons.